The summed E-state index contributed by atoms with van der Waals surface area (Å²) in [4.78, 5) is 30.3. The number of piperazine rings is 1. The third-order valence-electron chi connectivity index (χ3n) is 6.01. The van der Waals surface area contributed by atoms with E-state index in [9.17, 15) is 19.3 Å². The van der Waals surface area contributed by atoms with Crippen molar-refractivity contribution in [1.82, 2.24) is 14.8 Å². The third-order valence-corrected chi connectivity index (χ3v) is 7.20. The molecular weight excluding hydrogens is 487 g/mol. The van der Waals surface area contributed by atoms with Gasteiger partial charge in [0.05, 0.1) is 21.2 Å². The highest BCUT2D eigenvalue weighted by Crippen LogP contribution is 2.40. The molecule has 1 saturated heterocycles. The number of hydrogen-bond acceptors (Lipinski definition) is 7. The molecule has 0 bridgehead atoms. The van der Waals surface area contributed by atoms with Crippen LogP contribution in [0.2, 0.25) is 0 Å². The van der Waals surface area contributed by atoms with Gasteiger partial charge in [-0.15, -0.1) is 11.3 Å². The number of nitrogens with zero attached hydrogens (tertiary/aromatic N) is 4. The predicted octanol–water partition coefficient (Wildman–Crippen LogP) is 5.60. The number of carbonyl (C=O) groups is 1. The van der Waals surface area contributed by atoms with Crippen molar-refractivity contribution in [2.24, 2.45) is 0 Å². The number of rotatable bonds is 6. The van der Waals surface area contributed by atoms with E-state index in [0.29, 0.717) is 37.4 Å². The lowest BCUT2D eigenvalue weighted by molar-refractivity contribution is -0.385. The summed E-state index contributed by atoms with van der Waals surface area (Å²) in [7, 11) is 0. The number of halogens is 1. The highest BCUT2D eigenvalue weighted by molar-refractivity contribution is 7.22. The minimum absolute atomic E-state index is 0.100. The predicted molar refractivity (Wildman–Crippen MR) is 133 cm³/mol. The number of nitro benzene ring substituents is 1. The van der Waals surface area contributed by atoms with Gasteiger partial charge < -0.3 is 14.7 Å². The van der Waals surface area contributed by atoms with E-state index < -0.39 is 16.8 Å². The van der Waals surface area contributed by atoms with Crippen LogP contribution in [0, 0.1) is 15.9 Å². The summed E-state index contributed by atoms with van der Waals surface area (Å²) >= 11 is 1.46. The number of carboxylic acid groups (broad SMARTS) is 1. The Kier molecular flexibility index (Phi) is 6.49. The maximum absolute atomic E-state index is 14.4. The zero-order chi connectivity index (χ0) is 25.2. The van der Waals surface area contributed by atoms with E-state index in [0.717, 1.165) is 33.3 Å². The number of ether oxygens (including phenoxy) is 1. The number of amides is 1. The molecule has 0 saturated carbocycles. The molecule has 11 heteroatoms. The van der Waals surface area contributed by atoms with Crippen molar-refractivity contribution in [3.63, 3.8) is 0 Å². The first-order valence-electron chi connectivity index (χ1n) is 11.2. The Bertz CT molecular complexity index is 1430. The van der Waals surface area contributed by atoms with Gasteiger partial charge in [0.2, 0.25) is 0 Å². The molecule has 1 fully saturated rings. The molecule has 1 N–H and O–H groups in total. The Hall–Kier alpha value is -4.09. The zero-order valence-corrected chi connectivity index (χ0v) is 19.8. The molecule has 0 aliphatic carbocycles. The van der Waals surface area contributed by atoms with E-state index in [1.165, 1.54) is 28.4 Å². The molecule has 0 spiro atoms. The Labute approximate surface area is 209 Å². The molecule has 0 unspecified atom stereocenters. The molecule has 0 atom stereocenters. The summed E-state index contributed by atoms with van der Waals surface area (Å²) in [5.74, 6) is -0.497. The van der Waals surface area contributed by atoms with Crippen molar-refractivity contribution in [3.05, 3.63) is 82.3 Å². The van der Waals surface area contributed by atoms with E-state index in [-0.39, 0.29) is 11.4 Å². The maximum Gasteiger partial charge on any atom is 0.407 e. The fraction of sp³-hybridized carbons (Fsp3) is 0.200. The number of fused-ring (bicyclic) bond motifs is 1. The molecule has 1 aliphatic rings. The van der Waals surface area contributed by atoms with Crippen LogP contribution < -0.4 is 4.74 Å². The number of aromatic nitrogens is 1. The van der Waals surface area contributed by atoms with Gasteiger partial charge in [0.25, 0.3) is 5.69 Å². The van der Waals surface area contributed by atoms with Crippen molar-refractivity contribution in [3.8, 4) is 21.9 Å². The van der Waals surface area contributed by atoms with Crippen LogP contribution in [-0.4, -0.2) is 57.1 Å². The quantitative estimate of drug-likeness (QED) is 0.267. The first-order chi connectivity index (χ1) is 17.4. The van der Waals surface area contributed by atoms with Gasteiger partial charge in [-0.25, -0.2) is 9.18 Å². The number of non-ortho nitro benzene ring substituents is 1. The fourth-order valence-electron chi connectivity index (χ4n) is 4.07. The van der Waals surface area contributed by atoms with Gasteiger partial charge in [-0.05, 0) is 23.3 Å². The van der Waals surface area contributed by atoms with Crippen molar-refractivity contribution < 1.29 is 24.0 Å². The Morgan fingerprint density at radius 3 is 2.50 bits per heavy atom. The van der Waals surface area contributed by atoms with Crippen molar-refractivity contribution >= 4 is 33.3 Å². The van der Waals surface area contributed by atoms with Crippen molar-refractivity contribution in [2.45, 2.75) is 6.54 Å². The van der Waals surface area contributed by atoms with Gasteiger partial charge in [-0.1, -0.05) is 24.3 Å². The number of nitro groups is 1. The van der Waals surface area contributed by atoms with E-state index in [1.807, 2.05) is 18.2 Å². The normalized spacial score (nSPS) is 14.2. The van der Waals surface area contributed by atoms with Crippen molar-refractivity contribution in [2.75, 3.05) is 26.2 Å². The molecule has 184 valence electrons. The number of thiophene rings is 1. The van der Waals surface area contributed by atoms with Crippen molar-refractivity contribution in [1.29, 1.82) is 0 Å². The third kappa shape index (κ3) is 4.97. The summed E-state index contributed by atoms with van der Waals surface area (Å²) in [5.41, 5.74) is 2.50. The molecule has 2 aromatic heterocycles. The minimum atomic E-state index is -0.872. The molecule has 2 aromatic carbocycles. The standard InChI is InChI=1S/C25H21FN4O5S/c26-19-13-18(30(33)34)5-6-21(19)35-22-7-8-27-20-14-23(36-24(20)22)17-3-1-16(2-4-17)15-28-9-11-29(12-10-28)25(31)32/h1-8,13-14H,9-12,15H2,(H,31,32). The summed E-state index contributed by atoms with van der Waals surface area (Å²) in [6, 6.07) is 15.0. The Morgan fingerprint density at radius 2 is 1.83 bits per heavy atom. The second kappa shape index (κ2) is 9.88. The smallest absolute Gasteiger partial charge is 0.407 e. The molecule has 0 radical (unpaired) electrons. The van der Waals surface area contributed by atoms with E-state index in [1.54, 1.807) is 12.3 Å². The van der Waals surface area contributed by atoms with Crippen LogP contribution in [0.15, 0.2) is 60.8 Å². The summed E-state index contributed by atoms with van der Waals surface area (Å²) in [6.45, 7) is 3.18. The maximum atomic E-state index is 14.4. The molecule has 5 rings (SSSR count). The van der Waals surface area contributed by atoms with Crippen LogP contribution >= 0.6 is 11.3 Å². The minimum Gasteiger partial charge on any atom is -0.465 e. The van der Waals surface area contributed by atoms with Crippen LogP contribution in [0.3, 0.4) is 0 Å². The van der Waals surface area contributed by atoms with E-state index in [4.69, 9.17) is 9.84 Å². The molecule has 9 nitrogen and oxygen atoms in total. The van der Waals surface area contributed by atoms with Gasteiger partial charge in [-0.3, -0.25) is 20.0 Å². The van der Waals surface area contributed by atoms with Gasteiger partial charge in [0, 0.05) is 55.9 Å². The van der Waals surface area contributed by atoms with Gasteiger partial charge >= 0.3 is 6.09 Å². The SMILES string of the molecule is O=C(O)N1CCN(Cc2ccc(-c3cc4nccc(Oc5ccc([N+](=O)[O-])cc5F)c4s3)cc2)CC1. The first-order valence-corrected chi connectivity index (χ1v) is 12.0. The molecule has 4 aromatic rings. The average molecular weight is 509 g/mol. The Balaban J connectivity index is 1.31. The van der Waals surface area contributed by atoms with Crippen LogP contribution in [0.1, 0.15) is 5.56 Å². The number of pyridine rings is 1. The van der Waals surface area contributed by atoms with Gasteiger partial charge in [-0.2, -0.15) is 0 Å². The summed E-state index contributed by atoms with van der Waals surface area (Å²) in [5, 5.41) is 20.0. The summed E-state index contributed by atoms with van der Waals surface area (Å²) < 4.78 is 20.9. The lowest BCUT2D eigenvalue weighted by Crippen LogP contribution is -2.47. The van der Waals surface area contributed by atoms with Gasteiger partial charge in [0.1, 0.15) is 5.75 Å². The molecule has 3 heterocycles. The molecular formula is C25H21FN4O5S. The number of benzene rings is 2. The second-order valence-electron chi connectivity index (χ2n) is 8.35. The highest BCUT2D eigenvalue weighted by atomic mass is 32.1. The monoisotopic (exact) mass is 508 g/mol. The van der Waals surface area contributed by atoms with Crippen LogP contribution in [0.4, 0.5) is 14.9 Å². The lowest BCUT2D eigenvalue weighted by Gasteiger charge is -2.33. The summed E-state index contributed by atoms with van der Waals surface area (Å²) in [6.07, 6.45) is 0.702. The van der Waals surface area contributed by atoms with E-state index in [2.05, 4.69) is 22.0 Å². The molecule has 36 heavy (non-hydrogen) atoms. The van der Waals surface area contributed by atoms with Crippen LogP contribution in [-0.2, 0) is 6.54 Å². The van der Waals surface area contributed by atoms with Crippen LogP contribution in [0.5, 0.6) is 11.5 Å². The lowest BCUT2D eigenvalue weighted by atomic mass is 10.1. The molecule has 1 amide bonds. The highest BCUT2D eigenvalue weighted by Gasteiger charge is 2.20. The van der Waals surface area contributed by atoms with Gasteiger partial charge in [0.15, 0.2) is 11.6 Å². The Morgan fingerprint density at radius 1 is 1.08 bits per heavy atom. The largest absolute Gasteiger partial charge is 0.465 e. The van der Waals surface area contributed by atoms with Crippen LogP contribution in [0.25, 0.3) is 20.7 Å². The first kappa shape index (κ1) is 23.6. The fourth-order valence-corrected chi connectivity index (χ4v) is 5.14. The second-order valence-corrected chi connectivity index (χ2v) is 9.40. The zero-order valence-electron chi connectivity index (χ0n) is 19.0. The topological polar surface area (TPSA) is 109 Å². The molecule has 1 aliphatic heterocycles. The van der Waals surface area contributed by atoms with E-state index >= 15 is 0 Å². The average Bonchev–Trinajstić information content (AvgIpc) is 3.31. The number of hydrogen-bond donors (Lipinski definition) is 1.